The van der Waals surface area contributed by atoms with Crippen LogP contribution in [0.2, 0.25) is 0 Å². The lowest BCUT2D eigenvalue weighted by Crippen LogP contribution is -2.34. The quantitative estimate of drug-likeness (QED) is 0.0596. The summed E-state index contributed by atoms with van der Waals surface area (Å²) in [6.07, 6.45) is 0. The molecule has 0 fully saturated rings. The Morgan fingerprint density at radius 1 is 0.341 bits per heavy atom. The van der Waals surface area contributed by atoms with Gasteiger partial charge in [0.15, 0.2) is 0 Å². The zero-order valence-electron chi connectivity index (χ0n) is 25.6. The van der Waals surface area contributed by atoms with Gasteiger partial charge in [0.25, 0.3) is 0 Å². The van der Waals surface area contributed by atoms with Crippen molar-refractivity contribution in [3.63, 3.8) is 0 Å². The van der Waals surface area contributed by atoms with Gasteiger partial charge in [0.2, 0.25) is 0 Å². The van der Waals surface area contributed by atoms with Crippen molar-refractivity contribution >= 4 is 15.9 Å². The molecule has 0 aromatic heterocycles. The van der Waals surface area contributed by atoms with E-state index >= 15 is 0 Å². The fourth-order valence-corrected chi connectivity index (χ4v) is 4.73. The molecule has 0 amide bonds. The largest absolute Gasteiger partial charge is 0.378 e. The molecule has 0 heterocycles. The van der Waals surface area contributed by atoms with Crippen molar-refractivity contribution < 1.29 is 37.9 Å². The van der Waals surface area contributed by atoms with Crippen LogP contribution in [0.3, 0.4) is 0 Å². The molecule has 0 aliphatic rings. The van der Waals surface area contributed by atoms with Crippen LogP contribution in [-0.4, -0.2) is 104 Å². The van der Waals surface area contributed by atoms with Gasteiger partial charge >= 0.3 is 0 Å². The molecule has 44 heavy (non-hydrogen) atoms. The van der Waals surface area contributed by atoms with Crippen LogP contribution in [0.1, 0.15) is 16.7 Å². The van der Waals surface area contributed by atoms with Gasteiger partial charge in [0.1, 0.15) is 5.60 Å². The smallest absolute Gasteiger partial charge is 0.143 e. The Morgan fingerprint density at radius 3 is 0.864 bits per heavy atom. The fourth-order valence-electron chi connectivity index (χ4n) is 4.50. The maximum Gasteiger partial charge on any atom is 0.143 e. The Bertz CT molecular complexity index is 961. The highest BCUT2D eigenvalue weighted by atomic mass is 79.9. The van der Waals surface area contributed by atoms with Crippen molar-refractivity contribution in [2.24, 2.45) is 0 Å². The van der Waals surface area contributed by atoms with Gasteiger partial charge in [-0.1, -0.05) is 107 Å². The highest BCUT2D eigenvalue weighted by molar-refractivity contribution is 9.09. The minimum absolute atomic E-state index is 0.424. The van der Waals surface area contributed by atoms with Gasteiger partial charge in [-0.25, -0.2) is 0 Å². The molecule has 0 atom stereocenters. The zero-order valence-corrected chi connectivity index (χ0v) is 27.2. The molecule has 8 nitrogen and oxygen atoms in total. The summed E-state index contributed by atoms with van der Waals surface area (Å²) < 4.78 is 45.4. The van der Waals surface area contributed by atoms with Crippen LogP contribution in [0.4, 0.5) is 0 Å². The van der Waals surface area contributed by atoms with Crippen molar-refractivity contribution in [3.05, 3.63) is 108 Å². The van der Waals surface area contributed by atoms with Crippen molar-refractivity contribution in [1.82, 2.24) is 0 Å². The number of halogens is 1. The van der Waals surface area contributed by atoms with E-state index in [2.05, 4.69) is 52.3 Å². The van der Waals surface area contributed by atoms with Gasteiger partial charge in [-0.3, -0.25) is 0 Å². The Kier molecular flexibility index (Phi) is 19.9. The summed E-state index contributed by atoms with van der Waals surface area (Å²) in [7, 11) is 0. The summed E-state index contributed by atoms with van der Waals surface area (Å²) in [6, 6.07) is 31.0. The van der Waals surface area contributed by atoms with Gasteiger partial charge in [0.05, 0.1) is 99.1 Å². The van der Waals surface area contributed by atoms with E-state index in [1.165, 1.54) is 0 Å². The minimum atomic E-state index is -0.741. The molecule has 0 bridgehead atoms. The predicted octanol–water partition coefficient (Wildman–Crippen LogP) is 5.51. The summed E-state index contributed by atoms with van der Waals surface area (Å²) in [5, 5.41) is 0.838. The Balaban J connectivity index is 1.21. The molecule has 9 heteroatoms. The third kappa shape index (κ3) is 13.9. The Labute approximate surface area is 271 Å². The molecule has 0 aliphatic heterocycles. The maximum absolute atomic E-state index is 6.72. The van der Waals surface area contributed by atoms with Crippen LogP contribution in [0.25, 0.3) is 0 Å². The topological polar surface area (TPSA) is 73.8 Å². The number of alkyl halides is 1. The lowest BCUT2D eigenvalue weighted by molar-refractivity contribution is -0.0397. The number of ether oxygens (including phenoxy) is 8. The fraction of sp³-hybridized carbons (Fsp3) is 0.486. The van der Waals surface area contributed by atoms with Crippen molar-refractivity contribution in [2.45, 2.75) is 5.60 Å². The van der Waals surface area contributed by atoms with E-state index in [0.29, 0.717) is 99.1 Å². The third-order valence-corrected chi connectivity index (χ3v) is 6.86. The first-order chi connectivity index (χ1) is 21.9. The first-order valence-corrected chi connectivity index (χ1v) is 16.4. The molecule has 3 aromatic carbocycles. The second-order valence-corrected chi connectivity index (χ2v) is 10.4. The third-order valence-electron chi connectivity index (χ3n) is 6.54. The lowest BCUT2D eigenvalue weighted by atomic mass is 9.80. The summed E-state index contributed by atoms with van der Waals surface area (Å²) >= 11 is 3.31. The van der Waals surface area contributed by atoms with Crippen LogP contribution in [0, 0.1) is 0 Å². The van der Waals surface area contributed by atoms with Gasteiger partial charge in [-0.05, 0) is 16.7 Å². The molecule has 3 aromatic rings. The van der Waals surface area contributed by atoms with Crippen LogP contribution in [0.15, 0.2) is 91.0 Å². The number of benzene rings is 3. The second kappa shape index (κ2) is 24.1. The molecule has 0 saturated heterocycles. The van der Waals surface area contributed by atoms with Crippen molar-refractivity contribution in [1.29, 1.82) is 0 Å². The average molecular weight is 676 g/mol. The van der Waals surface area contributed by atoms with E-state index < -0.39 is 5.60 Å². The monoisotopic (exact) mass is 674 g/mol. The molecule has 0 unspecified atom stereocenters. The van der Waals surface area contributed by atoms with Gasteiger partial charge in [0, 0.05) is 5.33 Å². The number of hydrogen-bond donors (Lipinski definition) is 0. The van der Waals surface area contributed by atoms with Gasteiger partial charge in [-0.15, -0.1) is 0 Å². The lowest BCUT2D eigenvalue weighted by Gasteiger charge is -2.36. The molecule has 3 rings (SSSR count). The van der Waals surface area contributed by atoms with E-state index in [-0.39, 0.29) is 0 Å². The summed E-state index contributed by atoms with van der Waals surface area (Å²) in [5.74, 6) is 0. The molecule has 0 aliphatic carbocycles. The summed E-state index contributed by atoms with van der Waals surface area (Å²) in [4.78, 5) is 0. The van der Waals surface area contributed by atoms with E-state index in [1.807, 2.05) is 54.6 Å². The average Bonchev–Trinajstić information content (AvgIpc) is 3.08. The van der Waals surface area contributed by atoms with Crippen LogP contribution in [-0.2, 0) is 43.5 Å². The summed E-state index contributed by atoms with van der Waals surface area (Å²) in [5.41, 5.74) is 2.48. The first-order valence-electron chi connectivity index (χ1n) is 15.3. The van der Waals surface area contributed by atoms with E-state index in [0.717, 1.165) is 22.0 Å². The highest BCUT2D eigenvalue weighted by Gasteiger charge is 2.37. The summed E-state index contributed by atoms with van der Waals surface area (Å²) in [6.45, 7) is 7.93. The standard InChI is InChI=1S/C35H47BrO8/c36-16-17-37-18-19-38-20-21-39-22-23-40-24-25-41-26-27-42-28-29-43-30-31-44-35(32-10-4-1-5-11-32,33-12-6-2-7-13-33)34-14-8-3-9-15-34/h1-15H,16-31H2. The van der Waals surface area contributed by atoms with E-state index in [1.54, 1.807) is 0 Å². The van der Waals surface area contributed by atoms with Crippen molar-refractivity contribution in [2.75, 3.05) is 104 Å². The molecule has 242 valence electrons. The minimum Gasteiger partial charge on any atom is -0.378 e. The molecule has 0 spiro atoms. The van der Waals surface area contributed by atoms with Gasteiger partial charge < -0.3 is 37.9 Å². The molecular weight excluding hydrogens is 628 g/mol. The Morgan fingerprint density at radius 2 is 0.591 bits per heavy atom. The van der Waals surface area contributed by atoms with Crippen LogP contribution in [0.5, 0.6) is 0 Å². The number of rotatable bonds is 27. The van der Waals surface area contributed by atoms with Crippen LogP contribution >= 0.6 is 15.9 Å². The first kappa shape index (κ1) is 36.3. The second-order valence-electron chi connectivity index (χ2n) is 9.60. The van der Waals surface area contributed by atoms with E-state index in [9.17, 15) is 0 Å². The van der Waals surface area contributed by atoms with Crippen molar-refractivity contribution in [3.8, 4) is 0 Å². The molecule has 0 radical (unpaired) electrons. The Hall–Kier alpha value is -2.18. The maximum atomic E-state index is 6.72. The SMILES string of the molecule is BrCCOCCOCCOCCOCCOCCOCCOCCOC(c1ccccc1)(c1ccccc1)c1ccccc1. The normalized spacial score (nSPS) is 11.7. The zero-order chi connectivity index (χ0) is 30.8. The van der Waals surface area contributed by atoms with Crippen LogP contribution < -0.4 is 0 Å². The van der Waals surface area contributed by atoms with Gasteiger partial charge in [-0.2, -0.15) is 0 Å². The molecular formula is C35H47BrO8. The molecule has 0 N–H and O–H groups in total. The highest BCUT2D eigenvalue weighted by Crippen LogP contribution is 2.40. The number of hydrogen-bond acceptors (Lipinski definition) is 8. The molecule has 0 saturated carbocycles. The van der Waals surface area contributed by atoms with E-state index in [4.69, 9.17) is 37.9 Å². The predicted molar refractivity (Wildman–Crippen MR) is 175 cm³/mol.